The van der Waals surface area contributed by atoms with Gasteiger partial charge in [-0.2, -0.15) is 4.31 Å². The van der Waals surface area contributed by atoms with E-state index in [1.807, 2.05) is 12.1 Å². The summed E-state index contributed by atoms with van der Waals surface area (Å²) >= 11 is 5.67. The Hall–Kier alpha value is -0.620. The first-order chi connectivity index (χ1) is 10.1. The third-order valence-electron chi connectivity index (χ3n) is 3.94. The number of hydrogen-bond acceptors (Lipinski definition) is 3. The van der Waals surface area contributed by atoms with Crippen LogP contribution in [-0.2, 0) is 16.4 Å². The van der Waals surface area contributed by atoms with Crippen LogP contribution in [0.25, 0.3) is 0 Å². The fourth-order valence-electron chi connectivity index (χ4n) is 2.53. The molecule has 1 aliphatic rings. The number of benzene rings is 1. The molecule has 0 amide bonds. The third-order valence-corrected chi connectivity index (χ3v) is 6.12. The zero-order chi connectivity index (χ0) is 15.3. The highest BCUT2D eigenvalue weighted by molar-refractivity contribution is 7.89. The van der Waals surface area contributed by atoms with Crippen LogP contribution in [0.2, 0.25) is 0 Å². The van der Waals surface area contributed by atoms with Crippen molar-refractivity contribution >= 4 is 21.6 Å². The van der Waals surface area contributed by atoms with E-state index >= 15 is 0 Å². The third kappa shape index (κ3) is 4.19. The molecule has 21 heavy (non-hydrogen) atoms. The number of hydrogen-bond donors (Lipinski definition) is 0. The fourth-order valence-corrected chi connectivity index (χ4v) is 4.09. The maximum absolute atomic E-state index is 12.6. The Morgan fingerprint density at radius 3 is 2.24 bits per heavy atom. The number of aryl methyl sites for hydroxylation is 1. The largest absolute Gasteiger partial charge is 0.301 e. The topological polar surface area (TPSA) is 40.6 Å². The minimum absolute atomic E-state index is 0.391. The second-order valence-corrected chi connectivity index (χ2v) is 7.59. The smallest absolute Gasteiger partial charge is 0.243 e. The lowest BCUT2D eigenvalue weighted by atomic mass is 10.1. The molecule has 0 spiro atoms. The summed E-state index contributed by atoms with van der Waals surface area (Å²) in [6.07, 6.45) is 1.80. The maximum Gasteiger partial charge on any atom is 0.243 e. The highest BCUT2D eigenvalue weighted by Gasteiger charge is 2.27. The number of likely N-dealkylation sites (N-methyl/N-ethyl adjacent to an activating group) is 1. The van der Waals surface area contributed by atoms with Gasteiger partial charge in [0.2, 0.25) is 10.0 Å². The van der Waals surface area contributed by atoms with Crippen molar-refractivity contribution < 1.29 is 8.42 Å². The van der Waals surface area contributed by atoms with Crippen molar-refractivity contribution in [1.29, 1.82) is 0 Å². The van der Waals surface area contributed by atoms with Gasteiger partial charge in [-0.05, 0) is 37.1 Å². The van der Waals surface area contributed by atoms with E-state index in [1.165, 1.54) is 0 Å². The van der Waals surface area contributed by atoms with E-state index in [2.05, 4.69) is 11.8 Å². The number of halogens is 1. The average Bonchev–Trinajstić information content (AvgIpc) is 2.53. The van der Waals surface area contributed by atoms with E-state index in [0.29, 0.717) is 23.9 Å². The van der Waals surface area contributed by atoms with Gasteiger partial charge in [0, 0.05) is 32.1 Å². The molecule has 1 aromatic carbocycles. The second kappa shape index (κ2) is 7.58. The van der Waals surface area contributed by atoms with Crippen LogP contribution in [-0.4, -0.2) is 56.2 Å². The summed E-state index contributed by atoms with van der Waals surface area (Å²) in [6, 6.07) is 7.21. The molecule has 0 saturated carbocycles. The van der Waals surface area contributed by atoms with E-state index in [-0.39, 0.29) is 0 Å². The highest BCUT2D eigenvalue weighted by atomic mass is 35.5. The lowest BCUT2D eigenvalue weighted by molar-refractivity contribution is 0.196. The van der Waals surface area contributed by atoms with Gasteiger partial charge in [0.1, 0.15) is 0 Å². The summed E-state index contributed by atoms with van der Waals surface area (Å²) < 4.78 is 26.8. The molecule has 1 aliphatic heterocycles. The van der Waals surface area contributed by atoms with Gasteiger partial charge in [0.25, 0.3) is 0 Å². The summed E-state index contributed by atoms with van der Waals surface area (Å²) in [6.45, 7) is 5.84. The zero-order valence-electron chi connectivity index (χ0n) is 12.5. The monoisotopic (exact) mass is 330 g/mol. The first-order valence-electron chi connectivity index (χ1n) is 7.45. The Labute approximate surface area is 132 Å². The Morgan fingerprint density at radius 1 is 1.10 bits per heavy atom. The molecule has 1 fully saturated rings. The van der Waals surface area contributed by atoms with Crippen molar-refractivity contribution in [3.63, 3.8) is 0 Å². The minimum atomic E-state index is -3.35. The van der Waals surface area contributed by atoms with E-state index in [0.717, 1.165) is 38.0 Å². The lowest BCUT2D eigenvalue weighted by Gasteiger charge is -2.33. The van der Waals surface area contributed by atoms with Crippen LogP contribution in [0.4, 0.5) is 0 Å². The summed E-state index contributed by atoms with van der Waals surface area (Å²) in [4.78, 5) is 2.66. The van der Waals surface area contributed by atoms with Gasteiger partial charge >= 0.3 is 0 Å². The van der Waals surface area contributed by atoms with E-state index in [4.69, 9.17) is 11.6 Å². The van der Waals surface area contributed by atoms with Gasteiger partial charge in [-0.25, -0.2) is 8.42 Å². The Kier molecular flexibility index (Phi) is 6.05. The number of nitrogens with zero attached hydrogens (tertiary/aromatic N) is 2. The Balaban J connectivity index is 2.05. The predicted molar refractivity (Wildman–Crippen MR) is 86.4 cm³/mol. The van der Waals surface area contributed by atoms with Crippen LogP contribution in [0.1, 0.15) is 18.9 Å². The lowest BCUT2D eigenvalue weighted by Crippen LogP contribution is -2.48. The zero-order valence-corrected chi connectivity index (χ0v) is 14.0. The minimum Gasteiger partial charge on any atom is -0.301 e. The van der Waals surface area contributed by atoms with Crippen molar-refractivity contribution in [3.05, 3.63) is 29.8 Å². The maximum atomic E-state index is 12.6. The molecule has 0 atom stereocenters. The molecule has 0 radical (unpaired) electrons. The molecule has 1 saturated heterocycles. The number of alkyl halides is 1. The molecule has 1 heterocycles. The van der Waals surface area contributed by atoms with Crippen LogP contribution in [0, 0.1) is 0 Å². The van der Waals surface area contributed by atoms with Crippen LogP contribution in [0.3, 0.4) is 0 Å². The van der Waals surface area contributed by atoms with Crippen LogP contribution >= 0.6 is 11.6 Å². The predicted octanol–water partition coefficient (Wildman–Crippen LogP) is 2.18. The van der Waals surface area contributed by atoms with Crippen LogP contribution in [0.5, 0.6) is 0 Å². The quantitative estimate of drug-likeness (QED) is 0.751. The van der Waals surface area contributed by atoms with Gasteiger partial charge in [0.15, 0.2) is 0 Å². The summed E-state index contributed by atoms with van der Waals surface area (Å²) in [7, 11) is -3.35. The molecule has 1 aromatic rings. The average molecular weight is 331 g/mol. The van der Waals surface area contributed by atoms with E-state index < -0.39 is 10.0 Å². The molecule has 0 N–H and O–H groups in total. The molecule has 0 bridgehead atoms. The molecule has 6 heteroatoms. The van der Waals surface area contributed by atoms with Crippen molar-refractivity contribution in [1.82, 2.24) is 9.21 Å². The van der Waals surface area contributed by atoms with Crippen LogP contribution in [0.15, 0.2) is 29.2 Å². The molecule has 0 aliphatic carbocycles. The van der Waals surface area contributed by atoms with Crippen LogP contribution < -0.4 is 0 Å². The standard InChI is InChI=1S/C15H23ClN2O2S/c1-2-17-10-12-18(13-11-17)21(19,20)15-7-5-14(6-8-15)4-3-9-16/h5-8H,2-4,9-13H2,1H3. The molecule has 2 rings (SSSR count). The number of sulfonamides is 1. The summed E-state index contributed by atoms with van der Waals surface area (Å²) in [5.74, 6) is 0.627. The van der Waals surface area contributed by atoms with Crippen molar-refractivity contribution in [2.24, 2.45) is 0 Å². The Bertz CT molecular complexity index is 537. The van der Waals surface area contributed by atoms with Crippen molar-refractivity contribution in [2.45, 2.75) is 24.7 Å². The van der Waals surface area contributed by atoms with Crippen molar-refractivity contribution in [3.8, 4) is 0 Å². The number of piperazine rings is 1. The van der Waals surface area contributed by atoms with Gasteiger partial charge in [-0.3, -0.25) is 0 Å². The number of rotatable bonds is 6. The molecule has 4 nitrogen and oxygen atoms in total. The van der Waals surface area contributed by atoms with E-state index in [9.17, 15) is 8.42 Å². The first-order valence-corrected chi connectivity index (χ1v) is 9.43. The fraction of sp³-hybridized carbons (Fsp3) is 0.600. The second-order valence-electron chi connectivity index (χ2n) is 5.27. The van der Waals surface area contributed by atoms with Gasteiger partial charge < -0.3 is 4.90 Å². The Morgan fingerprint density at radius 2 is 1.71 bits per heavy atom. The summed E-state index contributed by atoms with van der Waals surface area (Å²) in [5, 5.41) is 0. The van der Waals surface area contributed by atoms with Gasteiger partial charge in [-0.1, -0.05) is 19.1 Å². The molecule has 0 unspecified atom stereocenters. The van der Waals surface area contributed by atoms with E-state index in [1.54, 1.807) is 16.4 Å². The highest BCUT2D eigenvalue weighted by Crippen LogP contribution is 2.18. The molecular weight excluding hydrogens is 308 g/mol. The van der Waals surface area contributed by atoms with Crippen molar-refractivity contribution in [2.75, 3.05) is 38.6 Å². The van der Waals surface area contributed by atoms with Gasteiger partial charge in [0.05, 0.1) is 4.90 Å². The SMILES string of the molecule is CCN1CCN(S(=O)(=O)c2ccc(CCCCl)cc2)CC1. The summed E-state index contributed by atoms with van der Waals surface area (Å²) in [5.41, 5.74) is 1.13. The first kappa shape index (κ1) is 16.7. The molecule has 118 valence electrons. The molecule has 0 aromatic heterocycles. The molecular formula is C15H23ClN2O2S. The van der Waals surface area contributed by atoms with Gasteiger partial charge in [-0.15, -0.1) is 11.6 Å². The normalized spacial score (nSPS) is 18.0.